The number of nitrogen functional groups attached to an aromatic ring is 1. The summed E-state index contributed by atoms with van der Waals surface area (Å²) >= 11 is 0. The van der Waals surface area contributed by atoms with E-state index >= 15 is 0 Å². The van der Waals surface area contributed by atoms with Gasteiger partial charge in [0.15, 0.2) is 0 Å². The zero-order valence-electron chi connectivity index (χ0n) is 19.5. The van der Waals surface area contributed by atoms with Crippen LogP contribution in [0.15, 0.2) is 84.9 Å². The first-order valence-electron chi connectivity index (χ1n) is 11.6. The molecule has 5 rings (SSSR count). The van der Waals surface area contributed by atoms with Crippen molar-refractivity contribution in [3.8, 4) is 5.75 Å². The van der Waals surface area contributed by atoms with Crippen LogP contribution in [0.4, 0.5) is 0 Å². The van der Waals surface area contributed by atoms with Crippen LogP contribution >= 0.6 is 0 Å². The molecule has 0 saturated heterocycles. The maximum atomic E-state index is 12.7. The highest BCUT2D eigenvalue weighted by atomic mass is 16.5. The minimum atomic E-state index is -0.294. The Morgan fingerprint density at radius 3 is 2.44 bits per heavy atom. The fraction of sp³-hybridized carbons (Fsp3) is 0.241. The number of fused-ring (bicyclic) bond motifs is 1. The number of hydrogen-bond donors (Lipinski definition) is 2. The number of amides is 1. The molecule has 4 aromatic rings. The topological polar surface area (TPSA) is 77.2 Å². The Hall–Kier alpha value is -3.70. The molecule has 1 amide bonds. The van der Waals surface area contributed by atoms with Crippen LogP contribution in [-0.4, -0.2) is 10.9 Å². The monoisotopic (exact) mass is 451 g/mol. The largest absolute Gasteiger partial charge is 0.487 e. The average molecular weight is 452 g/mol. The summed E-state index contributed by atoms with van der Waals surface area (Å²) in [6.45, 7) is 4.88. The van der Waals surface area contributed by atoms with Gasteiger partial charge in [-0.15, -0.1) is 0 Å². The molecule has 1 aliphatic rings. The lowest BCUT2D eigenvalue weighted by atomic mass is 9.49. The molecule has 0 unspecified atom stereocenters. The number of aromatic nitrogens is 1. The molecule has 172 valence electrons. The smallest absolute Gasteiger partial charge is 0.265 e. The van der Waals surface area contributed by atoms with Crippen LogP contribution < -0.4 is 16.0 Å². The van der Waals surface area contributed by atoms with E-state index in [1.165, 1.54) is 5.56 Å². The van der Waals surface area contributed by atoms with E-state index in [1.807, 2.05) is 54.6 Å². The van der Waals surface area contributed by atoms with E-state index in [4.69, 9.17) is 15.6 Å². The molecule has 0 spiro atoms. The first-order chi connectivity index (χ1) is 16.4. The van der Waals surface area contributed by atoms with Gasteiger partial charge in [-0.05, 0) is 59.7 Å². The fourth-order valence-corrected chi connectivity index (χ4v) is 5.52. The van der Waals surface area contributed by atoms with Gasteiger partial charge in [0, 0.05) is 16.4 Å². The minimum Gasteiger partial charge on any atom is -0.487 e. The quantitative estimate of drug-likeness (QED) is 0.230. The van der Waals surface area contributed by atoms with Gasteiger partial charge in [0.1, 0.15) is 12.4 Å². The lowest BCUT2D eigenvalue weighted by Crippen LogP contribution is -2.48. The van der Waals surface area contributed by atoms with Gasteiger partial charge in [0.2, 0.25) is 0 Å². The van der Waals surface area contributed by atoms with Gasteiger partial charge in [-0.1, -0.05) is 68.4 Å². The molecule has 3 N–H and O–H groups in total. The van der Waals surface area contributed by atoms with Crippen molar-refractivity contribution in [2.75, 3.05) is 0 Å². The molecule has 0 aliphatic heterocycles. The SMILES string of the molecule is CC1(C)CC(c2ccccc2)(c2cc(OCc3ccc4ccccc4n3)ccc2C(=O)NN)C1. The van der Waals surface area contributed by atoms with Gasteiger partial charge < -0.3 is 4.74 Å². The number of hydrogen-bond acceptors (Lipinski definition) is 4. The summed E-state index contributed by atoms with van der Waals surface area (Å²) in [5.74, 6) is 5.96. The molecule has 0 bridgehead atoms. The Balaban J connectivity index is 1.51. The predicted octanol–water partition coefficient (Wildman–Crippen LogP) is 5.52. The van der Waals surface area contributed by atoms with E-state index in [0.29, 0.717) is 17.9 Å². The summed E-state index contributed by atoms with van der Waals surface area (Å²) in [5.41, 5.74) is 6.76. The molecular formula is C29H29N3O2. The Morgan fingerprint density at radius 2 is 1.71 bits per heavy atom. The van der Waals surface area contributed by atoms with Gasteiger partial charge in [-0.2, -0.15) is 0 Å². The predicted molar refractivity (Wildman–Crippen MR) is 134 cm³/mol. The van der Waals surface area contributed by atoms with Crippen molar-refractivity contribution in [1.82, 2.24) is 10.4 Å². The fourth-order valence-electron chi connectivity index (χ4n) is 5.52. The second kappa shape index (κ2) is 8.58. The third-order valence-corrected chi connectivity index (χ3v) is 6.81. The molecule has 1 saturated carbocycles. The third-order valence-electron chi connectivity index (χ3n) is 6.81. The summed E-state index contributed by atoms with van der Waals surface area (Å²) < 4.78 is 6.18. The average Bonchev–Trinajstić information content (AvgIpc) is 2.85. The van der Waals surface area contributed by atoms with Crippen LogP contribution in [0.25, 0.3) is 10.9 Å². The van der Waals surface area contributed by atoms with E-state index in [0.717, 1.165) is 35.0 Å². The molecule has 1 heterocycles. The zero-order chi connectivity index (χ0) is 23.8. The van der Waals surface area contributed by atoms with Crippen LogP contribution in [0.1, 0.15) is 53.9 Å². The van der Waals surface area contributed by atoms with Crippen molar-refractivity contribution in [3.05, 3.63) is 107 Å². The van der Waals surface area contributed by atoms with Gasteiger partial charge in [0.05, 0.1) is 11.2 Å². The standard InChI is InChI=1S/C29H29N3O2/c1-28(2)18-29(19-28,21-9-4-3-5-10-21)25-16-23(14-15-24(25)27(33)32-30)34-17-22-13-12-20-8-6-7-11-26(20)31-22/h3-16H,17-19,30H2,1-2H3,(H,32,33). The van der Waals surface area contributed by atoms with Crippen molar-refractivity contribution < 1.29 is 9.53 Å². The zero-order valence-corrected chi connectivity index (χ0v) is 19.5. The number of carbonyl (C=O) groups is 1. The lowest BCUT2D eigenvalue weighted by molar-refractivity contribution is 0.0835. The molecule has 34 heavy (non-hydrogen) atoms. The van der Waals surface area contributed by atoms with E-state index in [9.17, 15) is 4.79 Å². The van der Waals surface area contributed by atoms with Gasteiger partial charge in [-0.25, -0.2) is 10.8 Å². The molecular weight excluding hydrogens is 422 g/mol. The number of ether oxygens (including phenoxy) is 1. The maximum Gasteiger partial charge on any atom is 0.265 e. The maximum absolute atomic E-state index is 12.7. The molecule has 5 heteroatoms. The third kappa shape index (κ3) is 4.03. The molecule has 0 atom stereocenters. The molecule has 1 fully saturated rings. The summed E-state index contributed by atoms with van der Waals surface area (Å²) in [4.78, 5) is 17.5. The van der Waals surface area contributed by atoms with Crippen LogP contribution in [0.5, 0.6) is 5.75 Å². The van der Waals surface area contributed by atoms with E-state index in [2.05, 4.69) is 49.6 Å². The Morgan fingerprint density at radius 1 is 0.971 bits per heavy atom. The normalized spacial score (nSPS) is 16.0. The number of carbonyl (C=O) groups excluding carboxylic acids is 1. The number of benzene rings is 3. The second-order valence-corrected chi connectivity index (χ2v) is 9.93. The first kappa shape index (κ1) is 22.1. The van der Waals surface area contributed by atoms with Crippen molar-refractivity contribution in [2.24, 2.45) is 11.3 Å². The number of nitrogens with one attached hydrogen (secondary N) is 1. The van der Waals surface area contributed by atoms with Crippen LogP contribution in [-0.2, 0) is 12.0 Å². The van der Waals surface area contributed by atoms with Crippen LogP contribution in [0.3, 0.4) is 0 Å². The lowest BCUT2D eigenvalue weighted by Gasteiger charge is -2.54. The van der Waals surface area contributed by atoms with Crippen LogP contribution in [0, 0.1) is 5.41 Å². The number of para-hydroxylation sites is 1. The van der Waals surface area contributed by atoms with E-state index in [1.54, 1.807) is 0 Å². The van der Waals surface area contributed by atoms with Gasteiger partial charge in [0.25, 0.3) is 5.91 Å². The summed E-state index contributed by atoms with van der Waals surface area (Å²) in [6, 6.07) is 28.1. The Kier molecular flexibility index (Phi) is 5.58. The number of nitrogens with zero attached hydrogens (tertiary/aromatic N) is 1. The van der Waals surface area contributed by atoms with Gasteiger partial charge >= 0.3 is 0 Å². The molecule has 1 aromatic heterocycles. The molecule has 5 nitrogen and oxygen atoms in total. The first-order valence-corrected chi connectivity index (χ1v) is 11.6. The Bertz CT molecular complexity index is 1340. The molecule has 0 radical (unpaired) electrons. The number of hydrazine groups is 1. The highest BCUT2D eigenvalue weighted by Crippen LogP contribution is 2.59. The number of pyridine rings is 1. The van der Waals surface area contributed by atoms with E-state index in [-0.39, 0.29) is 16.7 Å². The number of rotatable bonds is 6. The van der Waals surface area contributed by atoms with Crippen molar-refractivity contribution in [3.63, 3.8) is 0 Å². The second-order valence-electron chi connectivity index (χ2n) is 9.93. The molecule has 1 aliphatic carbocycles. The van der Waals surface area contributed by atoms with Crippen LogP contribution in [0.2, 0.25) is 0 Å². The highest BCUT2D eigenvalue weighted by molar-refractivity contribution is 5.96. The van der Waals surface area contributed by atoms with Crippen molar-refractivity contribution >= 4 is 16.8 Å². The Labute approximate surface area is 199 Å². The summed E-state index contributed by atoms with van der Waals surface area (Å²) in [5, 5.41) is 1.10. The van der Waals surface area contributed by atoms with Gasteiger partial charge in [-0.3, -0.25) is 10.2 Å². The molecule has 3 aromatic carbocycles. The highest BCUT2D eigenvalue weighted by Gasteiger charge is 2.52. The van der Waals surface area contributed by atoms with E-state index < -0.39 is 0 Å². The minimum absolute atomic E-state index is 0.179. The van der Waals surface area contributed by atoms with Crippen molar-refractivity contribution in [1.29, 1.82) is 0 Å². The van der Waals surface area contributed by atoms with Crippen molar-refractivity contribution in [2.45, 2.75) is 38.7 Å². The number of nitrogens with two attached hydrogens (primary N) is 1. The summed E-state index contributed by atoms with van der Waals surface area (Å²) in [6.07, 6.45) is 1.87. The summed E-state index contributed by atoms with van der Waals surface area (Å²) in [7, 11) is 0.